The molecule has 1 heterocycles. The largest absolute Gasteiger partial charge is 0.339 e. The highest BCUT2D eigenvalue weighted by Gasteiger charge is 2.42. The maximum Gasteiger partial charge on any atom is 0.223 e. The van der Waals surface area contributed by atoms with E-state index >= 15 is 0 Å². The van der Waals surface area contributed by atoms with Gasteiger partial charge in [-0.05, 0) is 0 Å². The molecule has 1 rings (SSSR count). The Hall–Kier alpha value is 0.600. The van der Waals surface area contributed by atoms with Crippen LogP contribution in [0.4, 0.5) is 0 Å². The average molecular weight is 435 g/mol. The second kappa shape index (κ2) is 8.62. The third-order valence-electron chi connectivity index (χ3n) is 3.15. The molecule has 0 aliphatic carbocycles. The van der Waals surface area contributed by atoms with Crippen LogP contribution < -0.4 is 10.6 Å². The van der Waals surface area contributed by atoms with Gasteiger partial charge in [0.05, 0.1) is 0 Å². The van der Waals surface area contributed by atoms with E-state index in [-0.39, 0.29) is 0 Å². The fraction of sp³-hybridized carbons (Fsp3) is 0.800. The maximum atomic E-state index is 10.7. The summed E-state index contributed by atoms with van der Waals surface area (Å²) >= 11 is 35.2. The van der Waals surface area contributed by atoms with Crippen molar-refractivity contribution in [2.75, 3.05) is 26.2 Å². The second-order valence-corrected chi connectivity index (χ2v) is 9.27. The molecule has 0 spiro atoms. The average Bonchev–Trinajstić information content (AvgIpc) is 2.40. The van der Waals surface area contributed by atoms with Crippen molar-refractivity contribution in [2.45, 2.75) is 19.9 Å². The molecule has 128 valence electrons. The minimum absolute atomic E-state index is 0.442. The van der Waals surface area contributed by atoms with Crippen molar-refractivity contribution in [3.8, 4) is 0 Å². The summed E-state index contributed by atoms with van der Waals surface area (Å²) in [7, 11) is 0. The lowest BCUT2D eigenvalue weighted by Gasteiger charge is -2.44. The van der Waals surface area contributed by atoms with Gasteiger partial charge in [0, 0.05) is 26.2 Å². The van der Waals surface area contributed by atoms with Gasteiger partial charge in [-0.1, -0.05) is 69.6 Å². The predicted molar refractivity (Wildman–Crippen MR) is 89.7 cm³/mol. The molecule has 0 aromatic rings. The number of hydrogen-bond acceptors (Lipinski definition) is 4. The smallest absolute Gasteiger partial charge is 0.223 e. The molecule has 12 heteroatoms. The second-order valence-electron chi connectivity index (χ2n) is 4.53. The predicted octanol–water partition coefficient (Wildman–Crippen LogP) is 1.49. The fourth-order valence-electron chi connectivity index (χ4n) is 2.20. The molecule has 0 bridgehead atoms. The van der Waals surface area contributed by atoms with Crippen molar-refractivity contribution >= 4 is 82.4 Å². The van der Waals surface area contributed by atoms with E-state index < -0.39 is 19.9 Å². The van der Waals surface area contributed by atoms with Crippen LogP contribution in [0, 0.1) is 0 Å². The van der Waals surface area contributed by atoms with E-state index in [2.05, 4.69) is 10.6 Å². The maximum absolute atomic E-state index is 10.7. The van der Waals surface area contributed by atoms with Gasteiger partial charge in [-0.25, -0.2) is 0 Å². The Morgan fingerprint density at radius 3 is 1.18 bits per heavy atom. The quantitative estimate of drug-likeness (QED) is 0.491. The molecule has 6 nitrogen and oxygen atoms in total. The number of hydrogen-bond donors (Lipinski definition) is 2. The summed E-state index contributed by atoms with van der Waals surface area (Å²) in [4.78, 5) is 24.9. The van der Waals surface area contributed by atoms with Crippen LogP contribution in [0.5, 0.6) is 0 Å². The molecular weight excluding hydrogens is 421 g/mol. The van der Waals surface area contributed by atoms with Crippen LogP contribution in [0.2, 0.25) is 0 Å². The standard InChI is InChI=1S/C10H14Cl6N4O2/c11-9(12,13)7(17-5-21)19-1-2-20(4-3-19)8(18-6-22)10(14,15)16/h5-8H,1-4H2,(H,17,21)(H,18,22)/t7-,8-/m1/s1. The molecule has 2 N–H and O–H groups in total. The van der Waals surface area contributed by atoms with E-state index in [9.17, 15) is 9.59 Å². The molecule has 0 radical (unpaired) electrons. The van der Waals surface area contributed by atoms with Gasteiger partial charge < -0.3 is 10.6 Å². The van der Waals surface area contributed by atoms with E-state index in [4.69, 9.17) is 69.6 Å². The number of rotatable bonds is 6. The lowest BCUT2D eigenvalue weighted by Crippen LogP contribution is -2.63. The zero-order valence-electron chi connectivity index (χ0n) is 11.1. The fourth-order valence-corrected chi connectivity index (χ4v) is 3.40. The highest BCUT2D eigenvalue weighted by molar-refractivity contribution is 6.68. The molecule has 2 atom stereocenters. The van der Waals surface area contributed by atoms with Gasteiger partial charge in [0.1, 0.15) is 12.3 Å². The summed E-state index contributed by atoms with van der Waals surface area (Å²) in [6.07, 6.45) is -0.613. The number of nitrogens with one attached hydrogen (secondary N) is 2. The van der Waals surface area contributed by atoms with Crippen molar-refractivity contribution in [2.24, 2.45) is 0 Å². The lowest BCUT2D eigenvalue weighted by atomic mass is 10.2. The Balaban J connectivity index is 2.72. The van der Waals surface area contributed by atoms with Crippen LogP contribution in [-0.2, 0) is 9.59 Å². The minimum atomic E-state index is -1.68. The molecule has 0 saturated carbocycles. The summed E-state index contributed by atoms with van der Waals surface area (Å²) in [6.45, 7) is 1.77. The highest BCUT2D eigenvalue weighted by atomic mass is 35.6. The number of amides is 2. The molecule has 1 aliphatic rings. The monoisotopic (exact) mass is 432 g/mol. The molecule has 0 aromatic heterocycles. The summed E-state index contributed by atoms with van der Waals surface area (Å²) < 4.78 is -3.36. The van der Waals surface area contributed by atoms with Gasteiger partial charge in [-0.2, -0.15) is 0 Å². The third kappa shape index (κ3) is 5.91. The number of carbonyl (C=O) groups excluding carboxylic acids is 2. The van der Waals surface area contributed by atoms with E-state index in [0.717, 1.165) is 0 Å². The Morgan fingerprint density at radius 2 is 1.00 bits per heavy atom. The van der Waals surface area contributed by atoms with E-state index in [1.165, 1.54) is 0 Å². The molecule has 2 amide bonds. The minimum Gasteiger partial charge on any atom is -0.339 e. The Morgan fingerprint density at radius 1 is 0.727 bits per heavy atom. The SMILES string of the molecule is O=CN[C@H](N1CCN([C@@H](NC=O)C(Cl)(Cl)Cl)CC1)C(Cl)(Cl)Cl. The zero-order valence-corrected chi connectivity index (χ0v) is 15.7. The Kier molecular flexibility index (Phi) is 8.09. The first-order valence-corrected chi connectivity index (χ1v) is 8.39. The van der Waals surface area contributed by atoms with E-state index in [0.29, 0.717) is 39.0 Å². The first-order valence-electron chi connectivity index (χ1n) is 6.12. The van der Waals surface area contributed by atoms with Gasteiger partial charge >= 0.3 is 0 Å². The first kappa shape index (κ1) is 20.6. The molecule has 1 fully saturated rings. The van der Waals surface area contributed by atoms with Gasteiger partial charge in [-0.15, -0.1) is 0 Å². The molecule has 0 unspecified atom stereocenters. The molecule has 1 saturated heterocycles. The molecule has 1 aliphatic heterocycles. The molecular formula is C10H14Cl6N4O2. The first-order chi connectivity index (χ1) is 10.1. The Labute approximate surface area is 158 Å². The third-order valence-corrected chi connectivity index (χ3v) is 4.39. The van der Waals surface area contributed by atoms with Crippen LogP contribution in [-0.4, -0.2) is 68.7 Å². The van der Waals surface area contributed by atoms with Gasteiger partial charge in [0.25, 0.3) is 0 Å². The molecule has 0 aromatic carbocycles. The molecule has 22 heavy (non-hydrogen) atoms. The van der Waals surface area contributed by atoms with Gasteiger partial charge in [-0.3, -0.25) is 19.4 Å². The number of piperazine rings is 1. The lowest BCUT2D eigenvalue weighted by molar-refractivity contribution is -0.113. The van der Waals surface area contributed by atoms with Crippen LogP contribution in [0.3, 0.4) is 0 Å². The summed E-state index contributed by atoms with van der Waals surface area (Å²) in [5.41, 5.74) is 0. The number of halogens is 6. The van der Waals surface area contributed by atoms with Crippen LogP contribution >= 0.6 is 69.6 Å². The van der Waals surface area contributed by atoms with Crippen LogP contribution in [0.25, 0.3) is 0 Å². The van der Waals surface area contributed by atoms with Crippen LogP contribution in [0.1, 0.15) is 0 Å². The summed E-state index contributed by atoms with van der Waals surface area (Å²) in [5.74, 6) is 0. The van der Waals surface area contributed by atoms with E-state index in [1.54, 1.807) is 9.80 Å². The number of nitrogens with zero attached hydrogens (tertiary/aromatic N) is 2. The highest BCUT2D eigenvalue weighted by Crippen LogP contribution is 2.34. The normalized spacial score (nSPS) is 21.0. The Bertz CT molecular complexity index is 345. The van der Waals surface area contributed by atoms with Crippen molar-refractivity contribution in [1.29, 1.82) is 0 Å². The number of carbonyl (C=O) groups is 2. The van der Waals surface area contributed by atoms with Crippen LogP contribution in [0.15, 0.2) is 0 Å². The number of alkyl halides is 6. The van der Waals surface area contributed by atoms with Crippen molar-refractivity contribution in [1.82, 2.24) is 20.4 Å². The van der Waals surface area contributed by atoms with Gasteiger partial charge in [0.2, 0.25) is 20.4 Å². The van der Waals surface area contributed by atoms with E-state index in [1.807, 2.05) is 0 Å². The van der Waals surface area contributed by atoms with Gasteiger partial charge in [0.15, 0.2) is 0 Å². The van der Waals surface area contributed by atoms with Crippen molar-refractivity contribution < 1.29 is 9.59 Å². The summed E-state index contributed by atoms with van der Waals surface area (Å²) in [6, 6.07) is 0. The van der Waals surface area contributed by atoms with Crippen molar-refractivity contribution in [3.63, 3.8) is 0 Å². The van der Waals surface area contributed by atoms with Crippen molar-refractivity contribution in [3.05, 3.63) is 0 Å². The zero-order chi connectivity index (χ0) is 17.0. The topological polar surface area (TPSA) is 64.7 Å². The summed E-state index contributed by atoms with van der Waals surface area (Å²) in [5, 5.41) is 4.95.